The van der Waals surface area contributed by atoms with Crippen molar-refractivity contribution in [1.82, 2.24) is 19.7 Å². The van der Waals surface area contributed by atoms with Crippen LogP contribution in [0, 0.1) is 5.82 Å². The molecule has 0 radical (unpaired) electrons. The number of benzene rings is 1. The molecule has 0 spiro atoms. The summed E-state index contributed by atoms with van der Waals surface area (Å²) < 4.78 is 14.5. The highest BCUT2D eigenvalue weighted by Crippen LogP contribution is 2.18. The van der Waals surface area contributed by atoms with E-state index in [-0.39, 0.29) is 23.2 Å². The van der Waals surface area contributed by atoms with Gasteiger partial charge in [-0.1, -0.05) is 11.8 Å². The lowest BCUT2D eigenvalue weighted by Gasteiger charge is -2.36. The van der Waals surface area contributed by atoms with Crippen molar-refractivity contribution in [2.75, 3.05) is 36.8 Å². The van der Waals surface area contributed by atoms with Gasteiger partial charge in [0, 0.05) is 38.4 Å². The lowest BCUT2D eigenvalue weighted by molar-refractivity contribution is -0.128. The van der Waals surface area contributed by atoms with Gasteiger partial charge in [-0.05, 0) is 31.2 Å². The second-order valence-electron chi connectivity index (χ2n) is 5.69. The second-order valence-corrected chi connectivity index (χ2v) is 6.63. The molecule has 0 atom stereocenters. The van der Waals surface area contributed by atoms with E-state index in [9.17, 15) is 14.0 Å². The largest absolute Gasteiger partial charge is 0.368 e. The van der Waals surface area contributed by atoms with Gasteiger partial charge in [0.05, 0.1) is 5.75 Å². The van der Waals surface area contributed by atoms with Gasteiger partial charge in [0.2, 0.25) is 5.91 Å². The van der Waals surface area contributed by atoms with Crippen molar-refractivity contribution >= 4 is 23.4 Å². The number of nitrogens with one attached hydrogen (secondary N) is 1. The van der Waals surface area contributed by atoms with Crippen molar-refractivity contribution in [3.8, 4) is 0 Å². The Kier molecular flexibility index (Phi) is 5.42. The fourth-order valence-electron chi connectivity index (χ4n) is 2.78. The van der Waals surface area contributed by atoms with E-state index < -0.39 is 0 Å². The minimum absolute atomic E-state index is 0.0295. The van der Waals surface area contributed by atoms with Crippen molar-refractivity contribution in [3.63, 3.8) is 0 Å². The van der Waals surface area contributed by atoms with Crippen LogP contribution in [0.5, 0.6) is 0 Å². The van der Waals surface area contributed by atoms with Crippen LogP contribution < -0.4 is 10.6 Å². The molecule has 1 saturated heterocycles. The fourth-order valence-corrected chi connectivity index (χ4v) is 3.69. The zero-order valence-corrected chi connectivity index (χ0v) is 14.8. The minimum atomic E-state index is -0.259. The zero-order valence-electron chi connectivity index (χ0n) is 13.9. The van der Waals surface area contributed by atoms with Gasteiger partial charge in [-0.2, -0.15) is 0 Å². The number of piperazine rings is 1. The van der Waals surface area contributed by atoms with E-state index in [0.29, 0.717) is 37.9 Å². The third-order valence-corrected chi connectivity index (χ3v) is 5.15. The summed E-state index contributed by atoms with van der Waals surface area (Å²) in [5.41, 5.74) is 0.705. The number of halogens is 1. The topological polar surface area (TPSA) is 74.2 Å². The van der Waals surface area contributed by atoms with Crippen LogP contribution in [0.4, 0.5) is 10.1 Å². The molecule has 0 unspecified atom stereocenters. The Hall–Kier alpha value is -2.29. The van der Waals surface area contributed by atoms with Gasteiger partial charge in [-0.3, -0.25) is 9.36 Å². The van der Waals surface area contributed by atoms with Crippen LogP contribution in [0.1, 0.15) is 6.92 Å². The normalized spacial score (nSPS) is 14.8. The maximum absolute atomic E-state index is 13.0. The van der Waals surface area contributed by atoms with Crippen molar-refractivity contribution < 1.29 is 9.18 Å². The number of anilines is 1. The molecule has 1 aromatic heterocycles. The number of rotatable bonds is 5. The molecule has 0 bridgehead atoms. The minimum Gasteiger partial charge on any atom is -0.368 e. The van der Waals surface area contributed by atoms with Crippen LogP contribution in [0.15, 0.2) is 34.2 Å². The number of thioether (sulfide) groups is 1. The van der Waals surface area contributed by atoms with Gasteiger partial charge in [-0.15, -0.1) is 5.10 Å². The summed E-state index contributed by atoms with van der Waals surface area (Å²) >= 11 is 1.27. The molecule has 1 N–H and O–H groups in total. The standard InChI is InChI=1S/C16H20FN5O2S/c1-2-22-15(24)18-19-16(22)25-11-14(23)21-9-7-20(8-10-21)13-5-3-12(17)4-6-13/h3-6H,2,7-11H2,1H3,(H,18,24). The summed E-state index contributed by atoms with van der Waals surface area (Å²) in [6.07, 6.45) is 0. The summed E-state index contributed by atoms with van der Waals surface area (Å²) in [5.74, 6) is 0.0290. The summed E-state index contributed by atoms with van der Waals surface area (Å²) in [4.78, 5) is 27.8. The average Bonchev–Trinajstić information content (AvgIpc) is 3.00. The summed E-state index contributed by atoms with van der Waals surface area (Å²) in [5, 5.41) is 6.87. The number of hydrogen-bond donors (Lipinski definition) is 1. The van der Waals surface area contributed by atoms with E-state index in [1.54, 1.807) is 12.1 Å². The molecule has 0 saturated carbocycles. The van der Waals surface area contributed by atoms with E-state index in [2.05, 4.69) is 15.1 Å². The lowest BCUT2D eigenvalue weighted by atomic mass is 10.2. The molecular formula is C16H20FN5O2S. The number of amides is 1. The van der Waals surface area contributed by atoms with Crippen LogP contribution in [0.25, 0.3) is 0 Å². The Balaban J connectivity index is 1.51. The van der Waals surface area contributed by atoms with Gasteiger partial charge in [0.25, 0.3) is 0 Å². The number of aromatic nitrogens is 3. The predicted molar refractivity (Wildman–Crippen MR) is 94.4 cm³/mol. The Morgan fingerprint density at radius 1 is 1.24 bits per heavy atom. The van der Waals surface area contributed by atoms with Crippen molar-refractivity contribution in [1.29, 1.82) is 0 Å². The maximum Gasteiger partial charge on any atom is 0.343 e. The molecule has 2 aromatic rings. The molecule has 1 fully saturated rings. The van der Waals surface area contributed by atoms with Gasteiger partial charge in [0.15, 0.2) is 5.16 Å². The number of nitrogens with zero attached hydrogens (tertiary/aromatic N) is 4. The highest BCUT2D eigenvalue weighted by molar-refractivity contribution is 7.99. The quantitative estimate of drug-likeness (QED) is 0.805. The maximum atomic E-state index is 13.0. The molecule has 3 rings (SSSR count). The Morgan fingerprint density at radius 2 is 1.92 bits per heavy atom. The monoisotopic (exact) mass is 365 g/mol. The highest BCUT2D eigenvalue weighted by atomic mass is 32.2. The number of H-pyrrole nitrogens is 1. The van der Waals surface area contributed by atoms with Crippen molar-refractivity contribution in [2.45, 2.75) is 18.6 Å². The molecule has 1 amide bonds. The first-order valence-corrected chi connectivity index (χ1v) is 9.13. The average molecular weight is 365 g/mol. The van der Waals surface area contributed by atoms with Crippen LogP contribution in [-0.2, 0) is 11.3 Å². The number of carbonyl (C=O) groups is 1. The van der Waals surface area contributed by atoms with Crippen LogP contribution in [0.3, 0.4) is 0 Å². The Labute approximate surface area is 148 Å². The lowest BCUT2D eigenvalue weighted by Crippen LogP contribution is -2.49. The first-order valence-electron chi connectivity index (χ1n) is 8.14. The van der Waals surface area contributed by atoms with Crippen LogP contribution in [-0.4, -0.2) is 57.5 Å². The van der Waals surface area contributed by atoms with Gasteiger partial charge in [-0.25, -0.2) is 14.3 Å². The molecule has 25 heavy (non-hydrogen) atoms. The summed E-state index contributed by atoms with van der Waals surface area (Å²) in [6.45, 7) is 5.05. The first kappa shape index (κ1) is 17.5. The SMILES string of the molecule is CCn1c(SCC(=O)N2CCN(c3ccc(F)cc3)CC2)n[nH]c1=O. The third-order valence-electron chi connectivity index (χ3n) is 4.19. The molecule has 1 aliphatic rings. The molecule has 7 nitrogen and oxygen atoms in total. The van der Waals surface area contributed by atoms with Crippen molar-refractivity contribution in [2.24, 2.45) is 0 Å². The van der Waals surface area contributed by atoms with E-state index >= 15 is 0 Å². The second kappa shape index (κ2) is 7.73. The van der Waals surface area contributed by atoms with Gasteiger partial charge >= 0.3 is 5.69 Å². The van der Waals surface area contributed by atoms with E-state index in [1.165, 1.54) is 28.5 Å². The number of carbonyl (C=O) groups excluding carboxylic acids is 1. The predicted octanol–water partition coefficient (Wildman–Crippen LogP) is 1.17. The molecule has 0 aliphatic carbocycles. The highest BCUT2D eigenvalue weighted by Gasteiger charge is 2.22. The summed E-state index contributed by atoms with van der Waals surface area (Å²) in [6, 6.07) is 6.40. The Bertz CT molecular complexity index is 781. The Morgan fingerprint density at radius 3 is 2.56 bits per heavy atom. The molecule has 2 heterocycles. The molecule has 1 aromatic carbocycles. The molecule has 1 aliphatic heterocycles. The first-order chi connectivity index (χ1) is 12.1. The van der Waals surface area contributed by atoms with Crippen LogP contribution >= 0.6 is 11.8 Å². The smallest absolute Gasteiger partial charge is 0.343 e. The summed E-state index contributed by atoms with van der Waals surface area (Å²) in [7, 11) is 0. The number of hydrogen-bond acceptors (Lipinski definition) is 5. The van der Waals surface area contributed by atoms with Crippen LogP contribution in [0.2, 0.25) is 0 Å². The van der Waals surface area contributed by atoms with E-state index in [1.807, 2.05) is 11.8 Å². The molecule has 134 valence electrons. The van der Waals surface area contributed by atoms with Gasteiger partial charge in [0.1, 0.15) is 5.82 Å². The fraction of sp³-hybridized carbons (Fsp3) is 0.438. The molecular weight excluding hydrogens is 345 g/mol. The van der Waals surface area contributed by atoms with Crippen molar-refractivity contribution in [3.05, 3.63) is 40.6 Å². The number of aromatic amines is 1. The van der Waals surface area contributed by atoms with E-state index in [0.717, 1.165) is 5.69 Å². The zero-order chi connectivity index (χ0) is 17.8. The molecule has 9 heteroatoms. The third kappa shape index (κ3) is 4.04. The van der Waals surface area contributed by atoms with Gasteiger partial charge < -0.3 is 9.80 Å². The van der Waals surface area contributed by atoms with E-state index in [4.69, 9.17) is 0 Å².